The van der Waals surface area contributed by atoms with Crippen LogP contribution < -0.4 is 9.64 Å². The van der Waals surface area contributed by atoms with Crippen molar-refractivity contribution in [3.63, 3.8) is 0 Å². The van der Waals surface area contributed by atoms with Crippen LogP contribution in [0.15, 0.2) is 42.5 Å². The smallest absolute Gasteiger partial charge is 0.257 e. The number of anilines is 1. The monoisotopic (exact) mass is 326 g/mol. The molecular formula is C19H22N2O3. The van der Waals surface area contributed by atoms with Gasteiger partial charge in [-0.1, -0.05) is 12.1 Å². The predicted octanol–water partition coefficient (Wildman–Crippen LogP) is 2.67. The Morgan fingerprint density at radius 1 is 1.08 bits per heavy atom. The second kappa shape index (κ2) is 6.83. The highest BCUT2D eigenvalue weighted by Crippen LogP contribution is 2.24. The minimum atomic E-state index is -0.113. The van der Waals surface area contributed by atoms with E-state index in [-0.39, 0.29) is 11.7 Å². The van der Waals surface area contributed by atoms with Crippen molar-refractivity contribution in [3.8, 4) is 11.5 Å². The lowest BCUT2D eigenvalue weighted by atomic mass is 10.1. The van der Waals surface area contributed by atoms with Crippen molar-refractivity contribution in [1.29, 1.82) is 0 Å². The molecule has 3 rings (SSSR count). The van der Waals surface area contributed by atoms with E-state index in [1.165, 1.54) is 0 Å². The number of hydrogen-bond donors (Lipinski definition) is 1. The third-order valence-corrected chi connectivity index (χ3v) is 4.37. The van der Waals surface area contributed by atoms with Crippen molar-refractivity contribution in [2.45, 2.75) is 6.92 Å². The van der Waals surface area contributed by atoms with Gasteiger partial charge in [0, 0.05) is 37.9 Å². The lowest BCUT2D eigenvalue weighted by Gasteiger charge is -2.36. The molecule has 126 valence electrons. The zero-order chi connectivity index (χ0) is 17.1. The maximum absolute atomic E-state index is 12.6. The molecule has 2 aromatic rings. The van der Waals surface area contributed by atoms with Gasteiger partial charge in [0.1, 0.15) is 11.5 Å². The van der Waals surface area contributed by atoms with E-state index in [2.05, 4.69) is 4.90 Å². The summed E-state index contributed by atoms with van der Waals surface area (Å²) in [5, 5.41) is 10.0. The number of piperazine rings is 1. The number of benzene rings is 2. The first kappa shape index (κ1) is 16.2. The Bertz CT molecular complexity index is 737. The Morgan fingerprint density at radius 2 is 1.83 bits per heavy atom. The Morgan fingerprint density at radius 3 is 2.50 bits per heavy atom. The van der Waals surface area contributed by atoms with Crippen LogP contribution in [0.2, 0.25) is 0 Å². The maximum Gasteiger partial charge on any atom is 0.257 e. The lowest BCUT2D eigenvalue weighted by molar-refractivity contribution is 0.0743. The Labute approximate surface area is 142 Å². The van der Waals surface area contributed by atoms with E-state index in [9.17, 15) is 9.90 Å². The first-order valence-electron chi connectivity index (χ1n) is 8.06. The number of aryl methyl sites for hydroxylation is 1. The van der Waals surface area contributed by atoms with Gasteiger partial charge < -0.3 is 19.6 Å². The average Bonchev–Trinajstić information content (AvgIpc) is 2.61. The minimum absolute atomic E-state index is 0.0511. The molecule has 1 fully saturated rings. The van der Waals surface area contributed by atoms with Gasteiger partial charge in [0.2, 0.25) is 0 Å². The van der Waals surface area contributed by atoms with E-state index in [0.29, 0.717) is 18.7 Å². The quantitative estimate of drug-likeness (QED) is 0.942. The zero-order valence-electron chi connectivity index (χ0n) is 14.0. The summed E-state index contributed by atoms with van der Waals surface area (Å²) in [6, 6.07) is 13.1. The van der Waals surface area contributed by atoms with Crippen LogP contribution in [0, 0.1) is 6.92 Å². The van der Waals surface area contributed by atoms with E-state index in [1.54, 1.807) is 24.1 Å². The van der Waals surface area contributed by atoms with Gasteiger partial charge in [-0.25, -0.2) is 0 Å². The number of nitrogens with zero attached hydrogens (tertiary/aromatic N) is 2. The van der Waals surface area contributed by atoms with Gasteiger partial charge in [0.25, 0.3) is 5.91 Å². The Kier molecular flexibility index (Phi) is 4.60. The number of rotatable bonds is 3. The summed E-state index contributed by atoms with van der Waals surface area (Å²) < 4.78 is 5.27. The predicted molar refractivity (Wildman–Crippen MR) is 94.0 cm³/mol. The van der Waals surface area contributed by atoms with Gasteiger partial charge in [-0.2, -0.15) is 0 Å². The van der Waals surface area contributed by atoms with Crippen LogP contribution in [0.3, 0.4) is 0 Å². The molecule has 1 N–H and O–H groups in total. The van der Waals surface area contributed by atoms with Crippen molar-refractivity contribution in [2.24, 2.45) is 0 Å². The molecule has 0 bridgehead atoms. The summed E-state index contributed by atoms with van der Waals surface area (Å²) in [7, 11) is 1.66. The van der Waals surface area contributed by atoms with Crippen molar-refractivity contribution in [3.05, 3.63) is 53.6 Å². The highest BCUT2D eigenvalue weighted by molar-refractivity contribution is 5.97. The third-order valence-electron chi connectivity index (χ3n) is 4.37. The number of amides is 1. The van der Waals surface area contributed by atoms with Crippen LogP contribution >= 0.6 is 0 Å². The van der Waals surface area contributed by atoms with Gasteiger partial charge in [-0.05, 0) is 36.8 Å². The molecule has 1 heterocycles. The lowest BCUT2D eigenvalue weighted by Crippen LogP contribution is -2.48. The van der Waals surface area contributed by atoms with Crippen LogP contribution in [0.1, 0.15) is 15.9 Å². The van der Waals surface area contributed by atoms with Crippen LogP contribution in [0.25, 0.3) is 0 Å². The van der Waals surface area contributed by atoms with Gasteiger partial charge in [0.15, 0.2) is 0 Å². The number of aromatic hydroxyl groups is 1. The van der Waals surface area contributed by atoms with Crippen LogP contribution in [0.4, 0.5) is 5.69 Å². The molecule has 0 saturated carbocycles. The van der Waals surface area contributed by atoms with Crippen molar-refractivity contribution in [1.82, 2.24) is 4.90 Å². The molecule has 1 saturated heterocycles. The molecule has 5 nitrogen and oxygen atoms in total. The summed E-state index contributed by atoms with van der Waals surface area (Å²) in [5.41, 5.74) is 2.40. The fourth-order valence-electron chi connectivity index (χ4n) is 2.97. The molecule has 24 heavy (non-hydrogen) atoms. The molecule has 0 atom stereocenters. The van der Waals surface area contributed by atoms with E-state index >= 15 is 0 Å². The molecular weight excluding hydrogens is 304 g/mol. The third kappa shape index (κ3) is 3.30. The number of ether oxygens (including phenoxy) is 1. The highest BCUT2D eigenvalue weighted by atomic mass is 16.5. The molecule has 0 aromatic heterocycles. The summed E-state index contributed by atoms with van der Waals surface area (Å²) in [6.07, 6.45) is 0. The molecule has 0 radical (unpaired) electrons. The minimum Gasteiger partial charge on any atom is -0.507 e. The number of methoxy groups -OCH3 is 1. The van der Waals surface area contributed by atoms with E-state index in [0.717, 1.165) is 30.1 Å². The van der Waals surface area contributed by atoms with Crippen molar-refractivity contribution in [2.75, 3.05) is 38.2 Å². The summed E-state index contributed by atoms with van der Waals surface area (Å²) in [4.78, 5) is 16.6. The van der Waals surface area contributed by atoms with Gasteiger partial charge >= 0.3 is 0 Å². The van der Waals surface area contributed by atoms with Crippen molar-refractivity contribution < 1.29 is 14.6 Å². The number of phenolic OH excluding ortho intramolecular Hbond substituents is 1. The molecule has 0 unspecified atom stereocenters. The van der Waals surface area contributed by atoms with E-state index < -0.39 is 0 Å². The maximum atomic E-state index is 12.6. The first-order valence-corrected chi connectivity index (χ1v) is 8.06. The fourth-order valence-corrected chi connectivity index (χ4v) is 2.97. The Balaban J connectivity index is 1.67. The largest absolute Gasteiger partial charge is 0.507 e. The standard InChI is InChI=1S/C19H22N2O3/c1-14-6-7-17(18(22)12-14)19(23)21-10-8-20(9-11-21)15-4-3-5-16(13-15)24-2/h3-7,12-13,22H,8-11H2,1-2H3. The Hall–Kier alpha value is -2.69. The second-order valence-corrected chi connectivity index (χ2v) is 6.00. The number of hydrogen-bond acceptors (Lipinski definition) is 4. The average molecular weight is 326 g/mol. The highest BCUT2D eigenvalue weighted by Gasteiger charge is 2.24. The van der Waals surface area contributed by atoms with Gasteiger partial charge in [0.05, 0.1) is 12.7 Å². The summed E-state index contributed by atoms with van der Waals surface area (Å²) in [6.45, 7) is 4.66. The fraction of sp³-hybridized carbons (Fsp3) is 0.316. The summed E-state index contributed by atoms with van der Waals surface area (Å²) >= 11 is 0. The molecule has 0 spiro atoms. The molecule has 2 aromatic carbocycles. The molecule has 0 aliphatic carbocycles. The molecule has 5 heteroatoms. The topological polar surface area (TPSA) is 53.0 Å². The SMILES string of the molecule is COc1cccc(N2CCN(C(=O)c3ccc(C)cc3O)CC2)c1. The molecule has 1 aliphatic heterocycles. The van der Waals surface area contributed by atoms with Crippen LogP contribution in [-0.2, 0) is 0 Å². The number of phenols is 1. The van der Waals surface area contributed by atoms with E-state index in [4.69, 9.17) is 4.74 Å². The van der Waals surface area contributed by atoms with Gasteiger partial charge in [-0.3, -0.25) is 4.79 Å². The van der Waals surface area contributed by atoms with Crippen molar-refractivity contribution >= 4 is 11.6 Å². The second-order valence-electron chi connectivity index (χ2n) is 6.00. The summed E-state index contributed by atoms with van der Waals surface area (Å²) in [5.74, 6) is 0.767. The van der Waals surface area contributed by atoms with Crippen LogP contribution in [0.5, 0.6) is 11.5 Å². The normalized spacial score (nSPS) is 14.6. The molecule has 1 aliphatic rings. The number of carbonyl (C=O) groups is 1. The first-order chi connectivity index (χ1) is 11.6. The van der Waals surface area contributed by atoms with Crippen LogP contribution in [-0.4, -0.2) is 49.2 Å². The van der Waals surface area contributed by atoms with E-state index in [1.807, 2.05) is 37.3 Å². The zero-order valence-corrected chi connectivity index (χ0v) is 14.0. The molecule has 1 amide bonds. The number of carbonyl (C=O) groups excluding carboxylic acids is 1. The van der Waals surface area contributed by atoms with Gasteiger partial charge in [-0.15, -0.1) is 0 Å².